The summed E-state index contributed by atoms with van der Waals surface area (Å²) in [5.41, 5.74) is 24.5. The zero-order valence-corrected chi connectivity index (χ0v) is 56.9. The van der Waals surface area contributed by atoms with Gasteiger partial charge in [-0.05, 0) is 112 Å². The third-order valence-corrected chi connectivity index (χ3v) is 18.5. The van der Waals surface area contributed by atoms with Gasteiger partial charge in [0.05, 0.1) is 0 Å². The molecule has 0 spiro atoms. The summed E-state index contributed by atoms with van der Waals surface area (Å²) in [5, 5.41) is 2.28. The van der Waals surface area contributed by atoms with Crippen LogP contribution in [0.4, 0.5) is 0 Å². The summed E-state index contributed by atoms with van der Waals surface area (Å²) in [6.45, 7) is 0. The fourth-order valence-electron chi connectivity index (χ4n) is 13.4. The summed E-state index contributed by atoms with van der Waals surface area (Å²) in [6.07, 6.45) is 0. The maximum atomic E-state index is 4.94. The van der Waals surface area contributed by atoms with Crippen molar-refractivity contribution >= 4 is 33.1 Å². The predicted molar refractivity (Wildman–Crippen MR) is 429 cm³/mol. The van der Waals surface area contributed by atoms with E-state index in [2.05, 4.69) is 291 Å². The summed E-state index contributed by atoms with van der Waals surface area (Å²) in [7, 11) is 0. The molecular weight excluding hydrogens is 1260 g/mol. The second-order valence-corrected chi connectivity index (χ2v) is 25.3. The van der Waals surface area contributed by atoms with Crippen LogP contribution in [0.15, 0.2) is 413 Å². The Morgan fingerprint density at radius 1 is 0.125 bits per heavy atom. The maximum absolute atomic E-state index is 4.94. The van der Waals surface area contributed by atoms with Gasteiger partial charge in [-0.2, -0.15) is 0 Å². The standard InChI is InChI=1S/C51H35N3.C47H33N3/c1-6-16-37(17-7-1)47(38-18-8-2-9-19-38)48(39-20-10-3-11-21-39)40-28-26-36(27-29-40)43-30-31-45-35-46(33-32-44(45)34-43)51-53-49(41-22-12-4-13-23-41)52-50(54-51)42-24-14-5-15-25-42;1-6-16-36(17-7-1)43(37-18-8-2-9-19-37)44(38-20-10-3-11-21-38)39-30-26-34(27-31-39)35-28-32-42(33-29-35)47-49-45(40-22-12-4-13-23-40)48-46(50-47)41-24-14-5-15-25-41/h1-35H;1-33H. The van der Waals surface area contributed by atoms with E-state index < -0.39 is 0 Å². The molecule has 0 aliphatic heterocycles. The maximum Gasteiger partial charge on any atom is 0.164 e. The quantitative estimate of drug-likeness (QED) is 0.0897. The van der Waals surface area contributed by atoms with Crippen LogP contribution >= 0.6 is 0 Å². The number of aromatic nitrogens is 6. The number of rotatable bonds is 16. The molecular formula is C98H68N6. The highest BCUT2D eigenvalue weighted by molar-refractivity contribution is 6.06. The highest BCUT2D eigenvalue weighted by Crippen LogP contribution is 2.41. The molecule has 2 aromatic heterocycles. The molecule has 0 N–H and O–H groups in total. The Hall–Kier alpha value is -13.9. The van der Waals surface area contributed by atoms with E-state index in [0.717, 1.165) is 72.0 Å². The Labute approximate surface area is 606 Å². The molecule has 6 heteroatoms. The van der Waals surface area contributed by atoms with Crippen LogP contribution in [0.25, 0.3) is 124 Å². The fraction of sp³-hybridized carbons (Fsp3) is 0. The van der Waals surface area contributed by atoms with Crippen LogP contribution in [-0.4, -0.2) is 29.9 Å². The molecule has 0 aliphatic rings. The molecule has 0 fully saturated rings. The number of nitrogens with zero attached hydrogens (tertiary/aromatic N) is 6. The topological polar surface area (TPSA) is 77.3 Å². The summed E-state index contributed by atoms with van der Waals surface area (Å²) in [5.74, 6) is 3.92. The first-order valence-electron chi connectivity index (χ1n) is 35.0. The third kappa shape index (κ3) is 14.6. The first-order valence-corrected chi connectivity index (χ1v) is 35.0. The minimum Gasteiger partial charge on any atom is -0.208 e. The monoisotopic (exact) mass is 1330 g/mol. The lowest BCUT2D eigenvalue weighted by atomic mass is 9.85. The van der Waals surface area contributed by atoms with Crippen molar-refractivity contribution in [2.75, 3.05) is 0 Å². The van der Waals surface area contributed by atoms with E-state index in [0.29, 0.717) is 34.9 Å². The van der Waals surface area contributed by atoms with Crippen LogP contribution in [0.3, 0.4) is 0 Å². The van der Waals surface area contributed by atoms with E-state index in [1.54, 1.807) is 0 Å². The van der Waals surface area contributed by atoms with Crippen LogP contribution in [-0.2, 0) is 0 Å². The van der Waals surface area contributed by atoms with Crippen molar-refractivity contribution in [3.63, 3.8) is 0 Å². The van der Waals surface area contributed by atoms with Crippen molar-refractivity contribution in [3.8, 4) is 90.6 Å². The Bertz CT molecular complexity index is 5590. The molecule has 0 amide bonds. The predicted octanol–water partition coefficient (Wildman–Crippen LogP) is 24.2. The van der Waals surface area contributed by atoms with Crippen molar-refractivity contribution in [2.45, 2.75) is 0 Å². The molecule has 17 aromatic rings. The minimum atomic E-state index is 0.645. The number of hydrogen-bond acceptors (Lipinski definition) is 6. The lowest BCUT2D eigenvalue weighted by molar-refractivity contribution is 1.07. The third-order valence-electron chi connectivity index (χ3n) is 18.5. The van der Waals surface area contributed by atoms with Crippen LogP contribution in [0, 0.1) is 0 Å². The van der Waals surface area contributed by atoms with Crippen LogP contribution in [0.5, 0.6) is 0 Å². The van der Waals surface area contributed by atoms with Crippen molar-refractivity contribution in [1.29, 1.82) is 0 Å². The van der Waals surface area contributed by atoms with Crippen molar-refractivity contribution < 1.29 is 0 Å². The second kappa shape index (κ2) is 30.7. The lowest BCUT2D eigenvalue weighted by Crippen LogP contribution is -2.00. The van der Waals surface area contributed by atoms with E-state index in [-0.39, 0.29) is 0 Å². The molecule has 0 aliphatic carbocycles. The molecule has 0 saturated heterocycles. The van der Waals surface area contributed by atoms with Gasteiger partial charge in [0.1, 0.15) is 0 Å². The SMILES string of the molecule is c1ccc(C(=C(c2ccccc2)c2ccc(-c3ccc(-c4nc(-c5ccccc5)nc(-c5ccccc5)n4)cc3)cc2)c2ccccc2)cc1.c1ccc(C(=C(c2ccccc2)c2ccc(-c3ccc4cc(-c5nc(-c6ccccc6)nc(-c6ccccc6)n5)ccc4c3)cc2)c2ccccc2)cc1. The summed E-state index contributed by atoms with van der Waals surface area (Å²) in [6, 6.07) is 144. The van der Waals surface area contributed by atoms with Gasteiger partial charge >= 0.3 is 0 Å². The van der Waals surface area contributed by atoms with E-state index >= 15 is 0 Å². The van der Waals surface area contributed by atoms with Crippen LogP contribution in [0.1, 0.15) is 44.5 Å². The Kier molecular flexibility index (Phi) is 19.1. The van der Waals surface area contributed by atoms with Gasteiger partial charge < -0.3 is 0 Å². The summed E-state index contributed by atoms with van der Waals surface area (Å²) >= 11 is 0. The molecule has 15 aromatic carbocycles. The highest BCUT2D eigenvalue weighted by Gasteiger charge is 2.20. The molecule has 2 heterocycles. The number of fused-ring (bicyclic) bond motifs is 1. The summed E-state index contributed by atoms with van der Waals surface area (Å²) in [4.78, 5) is 29.4. The summed E-state index contributed by atoms with van der Waals surface area (Å²) < 4.78 is 0. The van der Waals surface area contributed by atoms with Gasteiger partial charge in [-0.1, -0.05) is 400 Å². The molecule has 0 unspecified atom stereocenters. The van der Waals surface area contributed by atoms with Gasteiger partial charge in [-0.15, -0.1) is 0 Å². The molecule has 0 bridgehead atoms. The van der Waals surface area contributed by atoms with Gasteiger partial charge in [0.25, 0.3) is 0 Å². The normalized spacial score (nSPS) is 10.9. The average molecular weight is 1330 g/mol. The van der Waals surface area contributed by atoms with Gasteiger partial charge in [0, 0.05) is 33.4 Å². The van der Waals surface area contributed by atoms with Crippen molar-refractivity contribution in [2.24, 2.45) is 0 Å². The molecule has 104 heavy (non-hydrogen) atoms. The Morgan fingerprint density at radius 3 is 0.548 bits per heavy atom. The van der Waals surface area contributed by atoms with E-state index in [1.165, 1.54) is 61.2 Å². The van der Waals surface area contributed by atoms with E-state index in [9.17, 15) is 0 Å². The molecule has 0 saturated carbocycles. The van der Waals surface area contributed by atoms with Crippen LogP contribution < -0.4 is 0 Å². The second-order valence-electron chi connectivity index (χ2n) is 25.3. The highest BCUT2D eigenvalue weighted by atomic mass is 15.0. The zero-order valence-electron chi connectivity index (χ0n) is 56.9. The first-order chi connectivity index (χ1) is 51.6. The van der Waals surface area contributed by atoms with E-state index in [1.807, 2.05) is 121 Å². The average Bonchev–Trinajstić information content (AvgIpc) is 0.821. The smallest absolute Gasteiger partial charge is 0.164 e. The van der Waals surface area contributed by atoms with E-state index in [4.69, 9.17) is 29.9 Å². The first kappa shape index (κ1) is 64.7. The minimum absolute atomic E-state index is 0.645. The van der Waals surface area contributed by atoms with Gasteiger partial charge in [-0.3, -0.25) is 0 Å². The number of hydrogen-bond donors (Lipinski definition) is 0. The van der Waals surface area contributed by atoms with Crippen LogP contribution in [0.2, 0.25) is 0 Å². The molecule has 6 nitrogen and oxygen atoms in total. The van der Waals surface area contributed by atoms with Gasteiger partial charge in [-0.25, -0.2) is 29.9 Å². The fourth-order valence-corrected chi connectivity index (χ4v) is 13.4. The molecule has 17 rings (SSSR count). The van der Waals surface area contributed by atoms with Crippen molar-refractivity contribution in [3.05, 3.63) is 457 Å². The lowest BCUT2D eigenvalue weighted by Gasteiger charge is -2.18. The molecule has 0 atom stereocenters. The zero-order chi connectivity index (χ0) is 69.6. The van der Waals surface area contributed by atoms with Gasteiger partial charge in [0.15, 0.2) is 34.9 Å². The molecule has 0 radical (unpaired) electrons. The largest absolute Gasteiger partial charge is 0.208 e. The van der Waals surface area contributed by atoms with Crippen molar-refractivity contribution in [1.82, 2.24) is 29.9 Å². The molecule has 490 valence electrons. The van der Waals surface area contributed by atoms with Gasteiger partial charge in [0.2, 0.25) is 0 Å². The number of benzene rings is 15. The Balaban J connectivity index is 0.000000161. The Morgan fingerprint density at radius 2 is 0.288 bits per heavy atom.